The molecule has 108 valence electrons. The number of aromatic nitrogens is 3. The second-order valence-corrected chi connectivity index (χ2v) is 5.81. The van der Waals surface area contributed by atoms with Gasteiger partial charge in [0.25, 0.3) is 0 Å². The van der Waals surface area contributed by atoms with Crippen LogP contribution in [0.15, 0.2) is 6.33 Å². The first-order valence-electron chi connectivity index (χ1n) is 7.52. The SMILES string of the molecule is CCN1CCCC1CNCc1ncnn1CC(C)C. The van der Waals surface area contributed by atoms with Gasteiger partial charge in [0.1, 0.15) is 12.2 Å². The van der Waals surface area contributed by atoms with Crippen molar-refractivity contribution in [3.05, 3.63) is 12.2 Å². The molecule has 1 N–H and O–H groups in total. The van der Waals surface area contributed by atoms with E-state index in [-0.39, 0.29) is 0 Å². The lowest BCUT2D eigenvalue weighted by Gasteiger charge is -2.22. The van der Waals surface area contributed by atoms with Gasteiger partial charge < -0.3 is 5.32 Å². The Morgan fingerprint density at radius 2 is 2.32 bits per heavy atom. The standard InChI is InChI=1S/C14H27N5/c1-4-18-7-5-6-13(18)8-15-9-14-16-11-17-19(14)10-12(2)3/h11-13,15H,4-10H2,1-3H3. The molecule has 1 aromatic heterocycles. The molecular weight excluding hydrogens is 238 g/mol. The summed E-state index contributed by atoms with van der Waals surface area (Å²) in [7, 11) is 0. The van der Waals surface area contributed by atoms with Crippen LogP contribution in [0.2, 0.25) is 0 Å². The molecule has 1 aliphatic heterocycles. The fourth-order valence-electron chi connectivity index (χ4n) is 2.82. The monoisotopic (exact) mass is 265 g/mol. The van der Waals surface area contributed by atoms with Crippen LogP contribution in [-0.2, 0) is 13.1 Å². The zero-order chi connectivity index (χ0) is 13.7. The van der Waals surface area contributed by atoms with Gasteiger partial charge in [0.15, 0.2) is 0 Å². The zero-order valence-corrected chi connectivity index (χ0v) is 12.5. The van der Waals surface area contributed by atoms with Gasteiger partial charge in [-0.05, 0) is 31.8 Å². The van der Waals surface area contributed by atoms with Crippen LogP contribution < -0.4 is 5.32 Å². The van der Waals surface area contributed by atoms with Crippen LogP contribution >= 0.6 is 0 Å². The van der Waals surface area contributed by atoms with Crippen molar-refractivity contribution in [3.63, 3.8) is 0 Å². The smallest absolute Gasteiger partial charge is 0.140 e. The molecule has 1 saturated heterocycles. The van der Waals surface area contributed by atoms with Crippen molar-refractivity contribution in [1.29, 1.82) is 0 Å². The Hall–Kier alpha value is -0.940. The normalized spacial score (nSPS) is 20.5. The van der Waals surface area contributed by atoms with Gasteiger partial charge in [-0.1, -0.05) is 20.8 Å². The Balaban J connectivity index is 1.78. The molecule has 2 rings (SSSR count). The fourth-order valence-corrected chi connectivity index (χ4v) is 2.82. The summed E-state index contributed by atoms with van der Waals surface area (Å²) >= 11 is 0. The number of nitrogens with one attached hydrogen (secondary N) is 1. The second kappa shape index (κ2) is 7.01. The highest BCUT2D eigenvalue weighted by atomic mass is 15.3. The molecule has 1 aliphatic rings. The summed E-state index contributed by atoms with van der Waals surface area (Å²) < 4.78 is 2.02. The van der Waals surface area contributed by atoms with Crippen LogP contribution in [0, 0.1) is 5.92 Å². The Labute approximate surface area is 116 Å². The molecule has 2 heterocycles. The minimum atomic E-state index is 0.603. The van der Waals surface area contributed by atoms with Gasteiger partial charge in [-0.3, -0.25) is 4.90 Å². The summed E-state index contributed by atoms with van der Waals surface area (Å²) in [5.41, 5.74) is 0. The van der Waals surface area contributed by atoms with E-state index in [0.717, 1.165) is 32.0 Å². The summed E-state index contributed by atoms with van der Waals surface area (Å²) in [4.78, 5) is 6.91. The first-order chi connectivity index (χ1) is 9.20. The molecule has 0 radical (unpaired) electrons. The number of hydrogen-bond acceptors (Lipinski definition) is 4. The predicted molar refractivity (Wildman–Crippen MR) is 76.8 cm³/mol. The van der Waals surface area contributed by atoms with E-state index in [1.54, 1.807) is 6.33 Å². The molecule has 5 heteroatoms. The highest BCUT2D eigenvalue weighted by molar-refractivity contribution is 4.86. The van der Waals surface area contributed by atoms with Crippen LogP contribution in [0.4, 0.5) is 0 Å². The molecule has 0 amide bonds. The zero-order valence-electron chi connectivity index (χ0n) is 12.5. The van der Waals surface area contributed by atoms with Gasteiger partial charge in [0.05, 0.1) is 6.54 Å². The lowest BCUT2D eigenvalue weighted by atomic mass is 10.2. The van der Waals surface area contributed by atoms with E-state index >= 15 is 0 Å². The molecule has 1 unspecified atom stereocenters. The molecule has 1 atom stereocenters. The maximum atomic E-state index is 4.35. The summed E-state index contributed by atoms with van der Waals surface area (Å²) in [6.45, 7) is 11.9. The molecule has 0 bridgehead atoms. The molecule has 0 saturated carbocycles. The van der Waals surface area contributed by atoms with Gasteiger partial charge in [-0.25, -0.2) is 9.67 Å². The molecule has 1 fully saturated rings. The number of likely N-dealkylation sites (tertiary alicyclic amines) is 1. The van der Waals surface area contributed by atoms with Crippen molar-refractivity contribution in [3.8, 4) is 0 Å². The molecular formula is C14H27N5. The highest BCUT2D eigenvalue weighted by Gasteiger charge is 2.22. The Kier molecular flexibility index (Phi) is 5.34. The van der Waals surface area contributed by atoms with Crippen LogP contribution in [0.5, 0.6) is 0 Å². The first kappa shape index (κ1) is 14.5. The van der Waals surface area contributed by atoms with Crippen molar-refractivity contribution in [2.75, 3.05) is 19.6 Å². The van der Waals surface area contributed by atoms with Crippen molar-refractivity contribution < 1.29 is 0 Å². The van der Waals surface area contributed by atoms with E-state index in [0.29, 0.717) is 12.0 Å². The average Bonchev–Trinajstić information content (AvgIpc) is 2.98. The Bertz CT molecular complexity index is 374. The van der Waals surface area contributed by atoms with Crippen LogP contribution in [0.1, 0.15) is 39.4 Å². The first-order valence-corrected chi connectivity index (χ1v) is 7.52. The Morgan fingerprint density at radius 1 is 1.47 bits per heavy atom. The van der Waals surface area contributed by atoms with Crippen molar-refractivity contribution in [2.45, 2.75) is 52.7 Å². The van der Waals surface area contributed by atoms with E-state index in [2.05, 4.69) is 41.1 Å². The summed E-state index contributed by atoms with van der Waals surface area (Å²) in [6, 6.07) is 0.700. The number of nitrogens with zero attached hydrogens (tertiary/aromatic N) is 4. The van der Waals surface area contributed by atoms with E-state index in [4.69, 9.17) is 0 Å². The molecule has 0 spiro atoms. The van der Waals surface area contributed by atoms with Gasteiger partial charge in [0.2, 0.25) is 0 Å². The quantitative estimate of drug-likeness (QED) is 0.812. The summed E-state index contributed by atoms with van der Waals surface area (Å²) in [5.74, 6) is 1.65. The largest absolute Gasteiger partial charge is 0.308 e. The second-order valence-electron chi connectivity index (χ2n) is 5.81. The molecule has 5 nitrogen and oxygen atoms in total. The lowest BCUT2D eigenvalue weighted by molar-refractivity contribution is 0.259. The average molecular weight is 265 g/mol. The lowest BCUT2D eigenvalue weighted by Crippen LogP contribution is -2.37. The fraction of sp³-hybridized carbons (Fsp3) is 0.857. The van der Waals surface area contributed by atoms with E-state index in [9.17, 15) is 0 Å². The van der Waals surface area contributed by atoms with Crippen molar-refractivity contribution in [1.82, 2.24) is 25.0 Å². The van der Waals surface area contributed by atoms with Gasteiger partial charge in [0, 0.05) is 19.1 Å². The highest BCUT2D eigenvalue weighted by Crippen LogP contribution is 2.15. The van der Waals surface area contributed by atoms with E-state index in [1.165, 1.54) is 19.4 Å². The minimum absolute atomic E-state index is 0.603. The van der Waals surface area contributed by atoms with E-state index in [1.807, 2.05) is 4.68 Å². The van der Waals surface area contributed by atoms with Crippen LogP contribution in [0.3, 0.4) is 0 Å². The molecule has 1 aromatic rings. The number of likely N-dealkylation sites (N-methyl/N-ethyl adjacent to an activating group) is 1. The maximum Gasteiger partial charge on any atom is 0.140 e. The Morgan fingerprint density at radius 3 is 3.05 bits per heavy atom. The predicted octanol–water partition coefficient (Wildman–Crippen LogP) is 1.51. The van der Waals surface area contributed by atoms with Crippen LogP contribution in [-0.4, -0.2) is 45.3 Å². The number of rotatable bonds is 7. The van der Waals surface area contributed by atoms with Gasteiger partial charge in [-0.2, -0.15) is 5.10 Å². The third kappa shape index (κ3) is 4.01. The minimum Gasteiger partial charge on any atom is -0.308 e. The summed E-state index contributed by atoms with van der Waals surface area (Å²) in [5, 5.41) is 7.84. The van der Waals surface area contributed by atoms with Crippen molar-refractivity contribution in [2.24, 2.45) is 5.92 Å². The third-order valence-corrected chi connectivity index (χ3v) is 3.80. The van der Waals surface area contributed by atoms with Gasteiger partial charge >= 0.3 is 0 Å². The third-order valence-electron chi connectivity index (χ3n) is 3.80. The van der Waals surface area contributed by atoms with Gasteiger partial charge in [-0.15, -0.1) is 0 Å². The van der Waals surface area contributed by atoms with Crippen LogP contribution in [0.25, 0.3) is 0 Å². The van der Waals surface area contributed by atoms with Crippen molar-refractivity contribution >= 4 is 0 Å². The molecule has 0 aliphatic carbocycles. The summed E-state index contributed by atoms with van der Waals surface area (Å²) in [6.07, 6.45) is 4.32. The molecule has 0 aromatic carbocycles. The van der Waals surface area contributed by atoms with E-state index < -0.39 is 0 Å². The molecule has 19 heavy (non-hydrogen) atoms. The maximum absolute atomic E-state index is 4.35. The number of hydrogen-bond donors (Lipinski definition) is 1. The topological polar surface area (TPSA) is 46.0 Å².